The highest BCUT2D eigenvalue weighted by molar-refractivity contribution is 7.91. The zero-order chi connectivity index (χ0) is 13.6. The number of benzene rings is 1. The summed E-state index contributed by atoms with van der Waals surface area (Å²) in [4.78, 5) is 21.8. The molecule has 1 rings (SSSR count). The summed E-state index contributed by atoms with van der Waals surface area (Å²) in [6, 6.07) is 7.87. The van der Waals surface area contributed by atoms with Crippen LogP contribution in [0.5, 0.6) is 0 Å². The first-order chi connectivity index (χ1) is 8.42. The van der Waals surface area contributed by atoms with Crippen molar-refractivity contribution in [1.82, 2.24) is 5.32 Å². The number of nitrogens with one attached hydrogen (secondary N) is 1. The summed E-state index contributed by atoms with van der Waals surface area (Å²) in [6.07, 6.45) is -0.204. The fourth-order valence-electron chi connectivity index (χ4n) is 1.25. The van der Waals surface area contributed by atoms with E-state index in [9.17, 15) is 18.0 Å². The summed E-state index contributed by atoms with van der Waals surface area (Å²) >= 11 is 0. The van der Waals surface area contributed by atoms with Crippen LogP contribution in [0.25, 0.3) is 0 Å². The smallest absolute Gasteiger partial charge is 0.236 e. The van der Waals surface area contributed by atoms with Crippen molar-refractivity contribution in [1.29, 1.82) is 0 Å². The van der Waals surface area contributed by atoms with Gasteiger partial charge in [-0.25, -0.2) is 8.42 Å². The Kier molecular flexibility index (Phi) is 4.85. The number of nitrogens with two attached hydrogens (primary N) is 1. The zero-order valence-electron chi connectivity index (χ0n) is 9.63. The van der Waals surface area contributed by atoms with Gasteiger partial charge < -0.3 is 11.1 Å². The third kappa shape index (κ3) is 4.54. The molecule has 3 N–H and O–H groups in total. The SMILES string of the molecule is NC(=O)CNC(=O)CCS(=O)(=O)c1ccccc1. The topological polar surface area (TPSA) is 106 Å². The highest BCUT2D eigenvalue weighted by Gasteiger charge is 2.15. The summed E-state index contributed by atoms with van der Waals surface area (Å²) in [5, 5.41) is 2.23. The van der Waals surface area contributed by atoms with E-state index in [1.54, 1.807) is 18.2 Å². The highest BCUT2D eigenvalue weighted by Crippen LogP contribution is 2.10. The number of hydrogen-bond donors (Lipinski definition) is 2. The molecule has 7 heteroatoms. The van der Waals surface area contributed by atoms with Crippen LogP contribution in [-0.2, 0) is 19.4 Å². The lowest BCUT2D eigenvalue weighted by atomic mass is 10.4. The molecule has 0 saturated heterocycles. The Morgan fingerprint density at radius 3 is 2.33 bits per heavy atom. The van der Waals surface area contributed by atoms with Gasteiger partial charge in [0.15, 0.2) is 9.84 Å². The highest BCUT2D eigenvalue weighted by atomic mass is 32.2. The van der Waals surface area contributed by atoms with Crippen molar-refractivity contribution in [2.24, 2.45) is 5.73 Å². The van der Waals surface area contributed by atoms with Crippen LogP contribution in [0.4, 0.5) is 0 Å². The quantitative estimate of drug-likeness (QED) is 0.723. The minimum Gasteiger partial charge on any atom is -0.368 e. The molecule has 0 aliphatic carbocycles. The summed E-state index contributed by atoms with van der Waals surface area (Å²) in [5.41, 5.74) is 4.84. The monoisotopic (exact) mass is 270 g/mol. The standard InChI is InChI=1S/C11H14N2O4S/c12-10(14)8-13-11(15)6-7-18(16,17)9-4-2-1-3-5-9/h1-5H,6-8H2,(H2,12,14)(H,13,15). The molecule has 0 radical (unpaired) electrons. The lowest BCUT2D eigenvalue weighted by molar-refractivity contribution is -0.124. The fraction of sp³-hybridized carbons (Fsp3) is 0.273. The van der Waals surface area contributed by atoms with Crippen LogP contribution in [0, 0.1) is 0 Å². The fourth-order valence-corrected chi connectivity index (χ4v) is 2.51. The molecule has 18 heavy (non-hydrogen) atoms. The minimum absolute atomic E-state index is 0.174. The molecule has 0 saturated carbocycles. The lowest BCUT2D eigenvalue weighted by Crippen LogP contribution is -2.34. The molecule has 0 atom stereocenters. The van der Waals surface area contributed by atoms with Gasteiger partial charge in [-0.15, -0.1) is 0 Å². The summed E-state index contributed by atoms with van der Waals surface area (Å²) in [6.45, 7) is -0.287. The number of carbonyl (C=O) groups excluding carboxylic acids is 2. The van der Waals surface area contributed by atoms with Crippen LogP contribution in [0.3, 0.4) is 0 Å². The molecule has 1 aromatic carbocycles. The summed E-state index contributed by atoms with van der Waals surface area (Å²) < 4.78 is 23.6. The molecular weight excluding hydrogens is 256 g/mol. The maximum absolute atomic E-state index is 11.8. The van der Waals surface area contributed by atoms with E-state index in [1.165, 1.54) is 12.1 Å². The number of primary amides is 1. The molecular formula is C11H14N2O4S. The molecule has 0 unspecified atom stereocenters. The van der Waals surface area contributed by atoms with Gasteiger partial charge in [0.05, 0.1) is 17.2 Å². The van der Waals surface area contributed by atoms with E-state index < -0.39 is 21.7 Å². The summed E-state index contributed by atoms with van der Waals surface area (Å²) in [7, 11) is -3.47. The molecule has 0 bridgehead atoms. The van der Waals surface area contributed by atoms with Gasteiger partial charge in [0.1, 0.15) is 0 Å². The molecule has 0 aromatic heterocycles. The minimum atomic E-state index is -3.47. The van der Waals surface area contributed by atoms with Gasteiger partial charge in [0.2, 0.25) is 11.8 Å². The van der Waals surface area contributed by atoms with Crippen molar-refractivity contribution < 1.29 is 18.0 Å². The lowest BCUT2D eigenvalue weighted by Gasteiger charge is -2.04. The van der Waals surface area contributed by atoms with Gasteiger partial charge in [0, 0.05) is 6.42 Å². The van der Waals surface area contributed by atoms with Crippen molar-refractivity contribution in [2.75, 3.05) is 12.3 Å². The Balaban J connectivity index is 2.53. The number of sulfone groups is 1. The maximum Gasteiger partial charge on any atom is 0.236 e. The predicted octanol–water partition coefficient (Wildman–Crippen LogP) is -0.548. The molecule has 0 heterocycles. The molecule has 0 aliphatic heterocycles. The Bertz CT molecular complexity index is 525. The van der Waals surface area contributed by atoms with Crippen LogP contribution in [0.2, 0.25) is 0 Å². The van der Waals surface area contributed by atoms with Gasteiger partial charge in [0.25, 0.3) is 0 Å². The van der Waals surface area contributed by atoms with Crippen LogP contribution in [0.1, 0.15) is 6.42 Å². The largest absolute Gasteiger partial charge is 0.368 e. The van der Waals surface area contributed by atoms with Gasteiger partial charge in [-0.1, -0.05) is 18.2 Å². The molecule has 0 fully saturated rings. The second-order valence-electron chi connectivity index (χ2n) is 3.62. The van der Waals surface area contributed by atoms with E-state index in [0.717, 1.165) is 0 Å². The Hall–Kier alpha value is -1.89. The third-order valence-corrected chi connectivity index (χ3v) is 3.89. The molecule has 1 aromatic rings. The number of carbonyl (C=O) groups is 2. The Morgan fingerprint density at radius 1 is 1.17 bits per heavy atom. The molecule has 6 nitrogen and oxygen atoms in total. The van der Waals surface area contributed by atoms with E-state index in [1.807, 2.05) is 0 Å². The second kappa shape index (κ2) is 6.15. The van der Waals surface area contributed by atoms with Gasteiger partial charge >= 0.3 is 0 Å². The Morgan fingerprint density at radius 2 is 1.78 bits per heavy atom. The van der Waals surface area contributed by atoms with Crippen LogP contribution in [-0.4, -0.2) is 32.5 Å². The van der Waals surface area contributed by atoms with E-state index in [-0.39, 0.29) is 23.6 Å². The number of amides is 2. The average molecular weight is 270 g/mol. The van der Waals surface area contributed by atoms with Gasteiger partial charge in [-0.05, 0) is 12.1 Å². The van der Waals surface area contributed by atoms with E-state index in [2.05, 4.69) is 5.32 Å². The molecule has 2 amide bonds. The van der Waals surface area contributed by atoms with E-state index >= 15 is 0 Å². The second-order valence-corrected chi connectivity index (χ2v) is 5.73. The van der Waals surface area contributed by atoms with Crippen molar-refractivity contribution in [2.45, 2.75) is 11.3 Å². The van der Waals surface area contributed by atoms with Crippen molar-refractivity contribution >= 4 is 21.7 Å². The van der Waals surface area contributed by atoms with Crippen LogP contribution < -0.4 is 11.1 Å². The van der Waals surface area contributed by atoms with Crippen LogP contribution in [0.15, 0.2) is 35.2 Å². The number of hydrogen-bond acceptors (Lipinski definition) is 4. The molecule has 0 aliphatic rings. The summed E-state index contributed by atoms with van der Waals surface area (Å²) in [5.74, 6) is -1.50. The average Bonchev–Trinajstić information content (AvgIpc) is 2.35. The van der Waals surface area contributed by atoms with Crippen molar-refractivity contribution in [3.8, 4) is 0 Å². The van der Waals surface area contributed by atoms with Crippen molar-refractivity contribution in [3.63, 3.8) is 0 Å². The van der Waals surface area contributed by atoms with Crippen molar-refractivity contribution in [3.05, 3.63) is 30.3 Å². The van der Waals surface area contributed by atoms with Gasteiger partial charge in [-0.3, -0.25) is 9.59 Å². The maximum atomic E-state index is 11.8. The molecule has 98 valence electrons. The molecule has 0 spiro atoms. The predicted molar refractivity (Wildman–Crippen MR) is 65.3 cm³/mol. The normalized spacial score (nSPS) is 10.9. The van der Waals surface area contributed by atoms with E-state index in [0.29, 0.717) is 0 Å². The van der Waals surface area contributed by atoms with Gasteiger partial charge in [-0.2, -0.15) is 0 Å². The third-order valence-electron chi connectivity index (χ3n) is 2.16. The number of rotatable bonds is 6. The first kappa shape index (κ1) is 14.2. The zero-order valence-corrected chi connectivity index (χ0v) is 10.4. The van der Waals surface area contributed by atoms with Crippen LogP contribution >= 0.6 is 0 Å². The first-order valence-corrected chi connectivity index (χ1v) is 6.90. The first-order valence-electron chi connectivity index (χ1n) is 5.24. The van der Waals surface area contributed by atoms with E-state index in [4.69, 9.17) is 5.73 Å². The Labute approximate surface area is 105 Å².